The third-order valence-electron chi connectivity index (χ3n) is 7.99. The number of hydrogen-bond acceptors (Lipinski definition) is 6. The Morgan fingerprint density at radius 2 is 1.86 bits per heavy atom. The number of likely N-dealkylation sites (tertiary alicyclic amines) is 1. The fourth-order valence-electron chi connectivity index (χ4n) is 5.99. The molecule has 0 aliphatic carbocycles. The van der Waals surface area contributed by atoms with Gasteiger partial charge in [0.1, 0.15) is 0 Å². The van der Waals surface area contributed by atoms with Gasteiger partial charge in [0.25, 0.3) is 0 Å². The molecule has 10 heteroatoms. The van der Waals surface area contributed by atoms with Crippen molar-refractivity contribution in [3.63, 3.8) is 0 Å². The molecular weight excluding hydrogens is 442 g/mol. The van der Waals surface area contributed by atoms with Gasteiger partial charge in [-0.2, -0.15) is 4.80 Å². The topological polar surface area (TPSA) is 96.1 Å². The number of nitrogens with zero attached hydrogens (tertiary/aromatic N) is 7. The third-order valence-corrected chi connectivity index (χ3v) is 7.99. The van der Waals surface area contributed by atoms with E-state index in [0.29, 0.717) is 17.8 Å². The van der Waals surface area contributed by atoms with Crippen molar-refractivity contribution in [3.05, 3.63) is 30.0 Å². The summed E-state index contributed by atoms with van der Waals surface area (Å²) < 4.78 is 2.54. The molecule has 5 heterocycles. The number of hydrogen-bond donors (Lipinski definition) is 2. The minimum absolute atomic E-state index is 0.0824. The molecule has 3 aliphatic heterocycles. The predicted octanol–water partition coefficient (Wildman–Crippen LogP) is 1.96. The summed E-state index contributed by atoms with van der Waals surface area (Å²) in [5.41, 5.74) is 3.81. The van der Waals surface area contributed by atoms with Gasteiger partial charge in [-0.1, -0.05) is 0 Å². The summed E-state index contributed by atoms with van der Waals surface area (Å²) in [6, 6.07) is 7.29. The molecule has 3 aromatic rings. The molecule has 2 amide bonds. The molecule has 0 unspecified atom stereocenters. The molecule has 186 valence electrons. The fourth-order valence-corrected chi connectivity index (χ4v) is 5.99. The summed E-state index contributed by atoms with van der Waals surface area (Å²) in [5.74, 6) is 1.22. The first kappa shape index (κ1) is 22.5. The van der Waals surface area contributed by atoms with Gasteiger partial charge in [-0.3, -0.25) is 0 Å². The number of urea groups is 1. The number of nitrogens with one attached hydrogen (secondary N) is 2. The van der Waals surface area contributed by atoms with Crippen LogP contribution in [0, 0.1) is 0 Å². The van der Waals surface area contributed by atoms with E-state index in [0.717, 1.165) is 70.8 Å². The van der Waals surface area contributed by atoms with Gasteiger partial charge in [-0.05, 0) is 86.8 Å². The number of carbonyl (C=O) groups excluding carboxylic acids is 1. The van der Waals surface area contributed by atoms with Gasteiger partial charge >= 0.3 is 6.03 Å². The van der Waals surface area contributed by atoms with E-state index in [2.05, 4.69) is 59.9 Å². The van der Waals surface area contributed by atoms with Gasteiger partial charge in [0.15, 0.2) is 0 Å². The highest BCUT2D eigenvalue weighted by atomic mass is 16.2. The minimum atomic E-state index is 0.0824. The van der Waals surface area contributed by atoms with Crippen molar-refractivity contribution in [2.75, 3.05) is 52.4 Å². The van der Waals surface area contributed by atoms with Crippen LogP contribution in [0.4, 0.5) is 4.79 Å². The van der Waals surface area contributed by atoms with Crippen molar-refractivity contribution < 1.29 is 4.79 Å². The average Bonchev–Trinajstić information content (AvgIpc) is 3.61. The summed E-state index contributed by atoms with van der Waals surface area (Å²) >= 11 is 0. The molecule has 2 aromatic heterocycles. The number of fused-ring (bicyclic) bond motifs is 1. The Labute approximate surface area is 205 Å². The van der Waals surface area contributed by atoms with E-state index < -0.39 is 0 Å². The maximum Gasteiger partial charge on any atom is 0.317 e. The lowest BCUT2D eigenvalue weighted by atomic mass is 9.89. The SMILES string of the molecule is Cn1nnc(-c2ccc3c(c2)c(C2CCN(CCN4CCNC4=O)CC2)cn3C2CCNCC2)n1. The molecule has 10 nitrogen and oxygen atoms in total. The van der Waals surface area contributed by atoms with E-state index in [1.807, 2.05) is 4.90 Å². The molecule has 3 aliphatic rings. The van der Waals surface area contributed by atoms with Crippen LogP contribution in [0.3, 0.4) is 0 Å². The zero-order valence-corrected chi connectivity index (χ0v) is 20.5. The summed E-state index contributed by atoms with van der Waals surface area (Å²) in [4.78, 5) is 17.8. The van der Waals surface area contributed by atoms with E-state index in [1.54, 1.807) is 7.05 Å². The molecular formula is C25H35N9O. The molecule has 3 saturated heterocycles. The number of aromatic nitrogens is 5. The lowest BCUT2D eigenvalue weighted by Gasteiger charge is -2.33. The first-order chi connectivity index (χ1) is 17.2. The molecule has 2 N–H and O–H groups in total. The first-order valence-corrected chi connectivity index (χ1v) is 13.0. The summed E-state index contributed by atoms with van der Waals surface area (Å²) in [5, 5.41) is 20.4. The monoisotopic (exact) mass is 477 g/mol. The molecule has 1 aromatic carbocycles. The van der Waals surface area contributed by atoms with Gasteiger partial charge in [-0.15, -0.1) is 10.2 Å². The van der Waals surface area contributed by atoms with Crippen molar-refractivity contribution in [2.45, 2.75) is 37.6 Å². The van der Waals surface area contributed by atoms with Crippen LogP contribution in [0.25, 0.3) is 22.3 Å². The highest BCUT2D eigenvalue weighted by Crippen LogP contribution is 2.38. The number of benzene rings is 1. The Kier molecular flexibility index (Phi) is 6.15. The van der Waals surface area contributed by atoms with Crippen molar-refractivity contribution in [1.82, 2.24) is 45.2 Å². The largest absolute Gasteiger partial charge is 0.344 e. The van der Waals surface area contributed by atoms with Crippen LogP contribution in [0.2, 0.25) is 0 Å². The Morgan fingerprint density at radius 1 is 1.03 bits per heavy atom. The summed E-state index contributed by atoms with van der Waals surface area (Å²) in [7, 11) is 1.80. The standard InChI is InChI=1S/C25H35N9O/c1-31-29-24(28-30-31)19-2-3-23-21(16-19)22(17-34(23)20-4-8-26-9-5-20)18-6-11-32(12-7-18)14-15-33-13-10-27-25(33)35/h2-3,16-18,20,26H,4-15H2,1H3,(H,27,35). The molecule has 0 saturated carbocycles. The van der Waals surface area contributed by atoms with Gasteiger partial charge in [-0.25, -0.2) is 4.79 Å². The Hall–Kier alpha value is -2.98. The second kappa shape index (κ2) is 9.58. The molecule has 0 atom stereocenters. The summed E-state index contributed by atoms with van der Waals surface area (Å²) in [6.07, 6.45) is 7.07. The Balaban J connectivity index is 1.24. The lowest BCUT2D eigenvalue weighted by Crippen LogP contribution is -2.40. The minimum Gasteiger partial charge on any atom is -0.344 e. The van der Waals surface area contributed by atoms with Crippen LogP contribution >= 0.6 is 0 Å². The van der Waals surface area contributed by atoms with Gasteiger partial charge in [0.05, 0.1) is 7.05 Å². The Morgan fingerprint density at radius 3 is 2.57 bits per heavy atom. The number of amides is 2. The van der Waals surface area contributed by atoms with Gasteiger partial charge in [0.2, 0.25) is 5.82 Å². The van der Waals surface area contributed by atoms with Crippen LogP contribution in [0.1, 0.15) is 43.2 Å². The highest BCUT2D eigenvalue weighted by molar-refractivity contribution is 5.88. The second-order valence-electron chi connectivity index (χ2n) is 10.1. The second-order valence-corrected chi connectivity index (χ2v) is 10.1. The molecule has 35 heavy (non-hydrogen) atoms. The smallest absolute Gasteiger partial charge is 0.317 e. The number of piperidine rings is 2. The van der Waals surface area contributed by atoms with E-state index >= 15 is 0 Å². The third kappa shape index (κ3) is 4.52. The van der Waals surface area contributed by atoms with E-state index in [-0.39, 0.29) is 6.03 Å². The maximum atomic E-state index is 11.8. The van der Waals surface area contributed by atoms with E-state index in [1.165, 1.54) is 34.1 Å². The predicted molar refractivity (Wildman–Crippen MR) is 134 cm³/mol. The van der Waals surface area contributed by atoms with Crippen molar-refractivity contribution in [2.24, 2.45) is 7.05 Å². The molecule has 0 radical (unpaired) electrons. The molecule has 0 bridgehead atoms. The zero-order chi connectivity index (χ0) is 23.8. The van der Waals surface area contributed by atoms with Crippen LogP contribution in [0.5, 0.6) is 0 Å². The first-order valence-electron chi connectivity index (χ1n) is 13.0. The van der Waals surface area contributed by atoms with Crippen LogP contribution in [-0.4, -0.2) is 93.0 Å². The van der Waals surface area contributed by atoms with Crippen molar-refractivity contribution >= 4 is 16.9 Å². The van der Waals surface area contributed by atoms with Crippen molar-refractivity contribution in [3.8, 4) is 11.4 Å². The number of carbonyl (C=O) groups is 1. The zero-order valence-electron chi connectivity index (χ0n) is 20.5. The normalized spacial score (nSPS) is 20.7. The van der Waals surface area contributed by atoms with Crippen LogP contribution in [-0.2, 0) is 7.05 Å². The number of rotatable bonds is 6. The average molecular weight is 478 g/mol. The van der Waals surface area contributed by atoms with Crippen LogP contribution < -0.4 is 10.6 Å². The molecule has 6 rings (SSSR count). The summed E-state index contributed by atoms with van der Waals surface area (Å²) in [6.45, 7) is 7.68. The fraction of sp³-hybridized carbons (Fsp3) is 0.600. The maximum absolute atomic E-state index is 11.8. The van der Waals surface area contributed by atoms with Crippen LogP contribution in [0.15, 0.2) is 24.4 Å². The van der Waals surface area contributed by atoms with E-state index in [9.17, 15) is 4.79 Å². The highest BCUT2D eigenvalue weighted by Gasteiger charge is 2.27. The van der Waals surface area contributed by atoms with E-state index in [4.69, 9.17) is 0 Å². The van der Waals surface area contributed by atoms with Gasteiger partial charge in [0, 0.05) is 54.9 Å². The van der Waals surface area contributed by atoms with Gasteiger partial charge < -0.3 is 25.0 Å². The Bertz CT molecular complexity index is 1190. The number of tetrazole rings is 1. The van der Waals surface area contributed by atoms with Crippen molar-refractivity contribution in [1.29, 1.82) is 0 Å². The number of aryl methyl sites for hydroxylation is 1. The lowest BCUT2D eigenvalue weighted by molar-refractivity contribution is 0.181. The molecule has 3 fully saturated rings. The molecule has 0 spiro atoms. The quantitative estimate of drug-likeness (QED) is 0.564.